The summed E-state index contributed by atoms with van der Waals surface area (Å²) in [4.78, 5) is 23.3. The third-order valence-electron chi connectivity index (χ3n) is 2.66. The molecule has 0 bridgehead atoms. The Labute approximate surface area is 129 Å². The predicted molar refractivity (Wildman–Crippen MR) is 79.5 cm³/mol. The summed E-state index contributed by atoms with van der Waals surface area (Å²) in [7, 11) is 0. The summed E-state index contributed by atoms with van der Waals surface area (Å²) in [6.45, 7) is 0. The number of benzene rings is 2. The predicted octanol–water partition coefficient (Wildman–Crippen LogP) is 3.65. The van der Waals surface area contributed by atoms with Crippen LogP contribution >= 0.6 is 23.2 Å². The SMILES string of the molecule is O=C(O)c1cc(Cl)c(Cl)cc1C(=O)Nc1ccc(O)cc1. The van der Waals surface area contributed by atoms with Crippen LogP contribution in [0.1, 0.15) is 20.7 Å². The average Bonchev–Trinajstić information content (AvgIpc) is 2.43. The first-order valence-corrected chi connectivity index (χ1v) is 6.47. The van der Waals surface area contributed by atoms with Crippen molar-refractivity contribution < 1.29 is 19.8 Å². The van der Waals surface area contributed by atoms with Gasteiger partial charge in [-0.2, -0.15) is 0 Å². The molecule has 0 aliphatic carbocycles. The van der Waals surface area contributed by atoms with E-state index in [1.165, 1.54) is 30.3 Å². The Kier molecular flexibility index (Phi) is 4.35. The van der Waals surface area contributed by atoms with Crippen molar-refractivity contribution in [1.29, 1.82) is 0 Å². The molecule has 0 atom stereocenters. The van der Waals surface area contributed by atoms with E-state index in [0.717, 1.165) is 6.07 Å². The lowest BCUT2D eigenvalue weighted by Gasteiger charge is -2.09. The van der Waals surface area contributed by atoms with Gasteiger partial charge in [0.05, 0.1) is 21.2 Å². The van der Waals surface area contributed by atoms with Crippen molar-refractivity contribution in [3.8, 4) is 5.75 Å². The second-order valence-corrected chi connectivity index (χ2v) is 4.93. The fourth-order valence-electron chi connectivity index (χ4n) is 1.65. The summed E-state index contributed by atoms with van der Waals surface area (Å²) in [5, 5.41) is 20.9. The van der Waals surface area contributed by atoms with Crippen LogP contribution in [0.25, 0.3) is 0 Å². The molecule has 0 unspecified atom stereocenters. The molecule has 0 saturated heterocycles. The van der Waals surface area contributed by atoms with Crippen LogP contribution in [0.3, 0.4) is 0 Å². The normalized spacial score (nSPS) is 10.2. The number of anilines is 1. The lowest BCUT2D eigenvalue weighted by atomic mass is 10.1. The zero-order valence-corrected chi connectivity index (χ0v) is 11.9. The van der Waals surface area contributed by atoms with Gasteiger partial charge in [0.1, 0.15) is 5.75 Å². The van der Waals surface area contributed by atoms with Crippen LogP contribution < -0.4 is 5.32 Å². The number of phenolic OH excluding ortho intramolecular Hbond substituents is 1. The van der Waals surface area contributed by atoms with Gasteiger partial charge in [-0.05, 0) is 36.4 Å². The zero-order chi connectivity index (χ0) is 15.6. The van der Waals surface area contributed by atoms with E-state index in [0.29, 0.717) is 5.69 Å². The Morgan fingerprint density at radius 1 is 0.952 bits per heavy atom. The minimum atomic E-state index is -1.29. The molecule has 2 aromatic carbocycles. The maximum Gasteiger partial charge on any atom is 0.336 e. The highest BCUT2D eigenvalue weighted by atomic mass is 35.5. The van der Waals surface area contributed by atoms with Crippen molar-refractivity contribution >= 4 is 40.8 Å². The number of rotatable bonds is 3. The van der Waals surface area contributed by atoms with Crippen LogP contribution in [0.15, 0.2) is 36.4 Å². The molecule has 0 radical (unpaired) electrons. The molecule has 0 fully saturated rings. The molecule has 21 heavy (non-hydrogen) atoms. The number of nitrogens with one attached hydrogen (secondary N) is 1. The number of carbonyl (C=O) groups is 2. The number of carboxylic acid groups (broad SMARTS) is 1. The van der Waals surface area contributed by atoms with E-state index in [-0.39, 0.29) is 26.9 Å². The van der Waals surface area contributed by atoms with Crippen LogP contribution in [-0.2, 0) is 0 Å². The van der Waals surface area contributed by atoms with Crippen molar-refractivity contribution in [2.45, 2.75) is 0 Å². The first kappa shape index (κ1) is 15.2. The van der Waals surface area contributed by atoms with E-state index in [4.69, 9.17) is 33.4 Å². The standard InChI is InChI=1S/C14H9Cl2NO4/c15-11-5-9(10(14(20)21)6-12(11)16)13(19)17-7-1-3-8(18)4-2-7/h1-6,18H,(H,17,19)(H,20,21). The van der Waals surface area contributed by atoms with Crippen LogP contribution in [0, 0.1) is 0 Å². The largest absolute Gasteiger partial charge is 0.508 e. The van der Waals surface area contributed by atoms with E-state index < -0.39 is 11.9 Å². The van der Waals surface area contributed by atoms with Crippen molar-refractivity contribution in [2.24, 2.45) is 0 Å². The first-order valence-electron chi connectivity index (χ1n) is 5.71. The third-order valence-corrected chi connectivity index (χ3v) is 3.38. The van der Waals surface area contributed by atoms with Crippen molar-refractivity contribution in [3.05, 3.63) is 57.6 Å². The van der Waals surface area contributed by atoms with E-state index in [1.807, 2.05) is 0 Å². The fourth-order valence-corrected chi connectivity index (χ4v) is 1.98. The summed E-state index contributed by atoms with van der Waals surface area (Å²) in [6.07, 6.45) is 0. The number of aromatic carboxylic acids is 1. The van der Waals surface area contributed by atoms with Crippen molar-refractivity contribution in [1.82, 2.24) is 0 Å². The number of hydrogen-bond donors (Lipinski definition) is 3. The summed E-state index contributed by atoms with van der Waals surface area (Å²) in [5.74, 6) is -1.88. The van der Waals surface area contributed by atoms with Gasteiger partial charge >= 0.3 is 5.97 Å². The van der Waals surface area contributed by atoms with Gasteiger partial charge in [-0.3, -0.25) is 4.79 Å². The van der Waals surface area contributed by atoms with Gasteiger partial charge in [0.25, 0.3) is 5.91 Å². The molecule has 0 heterocycles. The maximum atomic E-state index is 12.1. The Morgan fingerprint density at radius 3 is 2.00 bits per heavy atom. The van der Waals surface area contributed by atoms with Gasteiger partial charge in [0.2, 0.25) is 0 Å². The lowest BCUT2D eigenvalue weighted by molar-refractivity contribution is 0.0692. The molecule has 2 rings (SSSR count). The second-order valence-electron chi connectivity index (χ2n) is 4.12. The Morgan fingerprint density at radius 2 is 1.48 bits per heavy atom. The van der Waals surface area contributed by atoms with E-state index in [9.17, 15) is 9.59 Å². The molecular formula is C14H9Cl2NO4. The number of hydrogen-bond acceptors (Lipinski definition) is 3. The van der Waals surface area contributed by atoms with Crippen LogP contribution in [0.2, 0.25) is 10.0 Å². The van der Waals surface area contributed by atoms with Crippen LogP contribution in [0.4, 0.5) is 5.69 Å². The molecule has 5 nitrogen and oxygen atoms in total. The molecule has 0 saturated carbocycles. The van der Waals surface area contributed by atoms with Gasteiger partial charge in [0, 0.05) is 5.69 Å². The molecule has 3 N–H and O–H groups in total. The molecule has 2 aromatic rings. The number of carboxylic acids is 1. The second kappa shape index (κ2) is 6.03. The highest BCUT2D eigenvalue weighted by molar-refractivity contribution is 6.42. The minimum absolute atomic E-state index is 0.0498. The van der Waals surface area contributed by atoms with Gasteiger partial charge in [-0.15, -0.1) is 0 Å². The molecule has 0 aliphatic rings. The Bertz CT molecular complexity index is 714. The van der Waals surface area contributed by atoms with Gasteiger partial charge < -0.3 is 15.5 Å². The van der Waals surface area contributed by atoms with Gasteiger partial charge in [-0.25, -0.2) is 4.79 Å². The van der Waals surface area contributed by atoms with E-state index >= 15 is 0 Å². The molecule has 1 amide bonds. The monoisotopic (exact) mass is 325 g/mol. The average molecular weight is 326 g/mol. The van der Waals surface area contributed by atoms with Gasteiger partial charge in [-0.1, -0.05) is 23.2 Å². The van der Waals surface area contributed by atoms with Gasteiger partial charge in [0.15, 0.2) is 0 Å². The van der Waals surface area contributed by atoms with Crippen LogP contribution in [-0.4, -0.2) is 22.1 Å². The van der Waals surface area contributed by atoms with E-state index in [2.05, 4.69) is 5.32 Å². The Balaban J connectivity index is 2.36. The Hall–Kier alpha value is -2.24. The number of phenols is 1. The number of amides is 1. The highest BCUT2D eigenvalue weighted by Crippen LogP contribution is 2.27. The molecule has 0 aromatic heterocycles. The fraction of sp³-hybridized carbons (Fsp3) is 0. The van der Waals surface area contributed by atoms with Crippen molar-refractivity contribution in [3.63, 3.8) is 0 Å². The summed E-state index contributed by atoms with van der Waals surface area (Å²) in [6, 6.07) is 8.06. The summed E-state index contributed by atoms with van der Waals surface area (Å²) < 4.78 is 0. The smallest absolute Gasteiger partial charge is 0.336 e. The number of aromatic hydroxyl groups is 1. The zero-order valence-electron chi connectivity index (χ0n) is 10.4. The summed E-state index contributed by atoms with van der Waals surface area (Å²) in [5.41, 5.74) is 0.0471. The van der Waals surface area contributed by atoms with Crippen molar-refractivity contribution in [2.75, 3.05) is 5.32 Å². The topological polar surface area (TPSA) is 86.6 Å². The highest BCUT2D eigenvalue weighted by Gasteiger charge is 2.19. The van der Waals surface area contributed by atoms with E-state index in [1.54, 1.807) is 0 Å². The lowest BCUT2D eigenvalue weighted by Crippen LogP contribution is -2.16. The number of carbonyl (C=O) groups excluding carboxylic acids is 1. The molecule has 0 aliphatic heterocycles. The quantitative estimate of drug-likeness (QED) is 0.752. The minimum Gasteiger partial charge on any atom is -0.508 e. The first-order chi connectivity index (χ1) is 9.88. The molecule has 0 spiro atoms. The summed E-state index contributed by atoms with van der Waals surface area (Å²) >= 11 is 11.6. The maximum absolute atomic E-state index is 12.1. The number of halogens is 2. The molecular weight excluding hydrogens is 317 g/mol. The molecule has 108 valence electrons. The molecule has 7 heteroatoms. The third kappa shape index (κ3) is 3.45. The van der Waals surface area contributed by atoms with Crippen LogP contribution in [0.5, 0.6) is 5.75 Å².